The Morgan fingerprint density at radius 2 is 1.84 bits per heavy atom. The van der Waals surface area contributed by atoms with Crippen molar-refractivity contribution in [3.8, 4) is 0 Å². The highest BCUT2D eigenvalue weighted by atomic mass is 19.1. The minimum atomic E-state index is -0.196. The van der Waals surface area contributed by atoms with Crippen LogP contribution in [0.3, 0.4) is 0 Å². The Kier molecular flexibility index (Phi) is 4.61. The average Bonchev–Trinajstić information content (AvgIpc) is 2.65. The summed E-state index contributed by atoms with van der Waals surface area (Å²) in [4.78, 5) is 17.3. The lowest BCUT2D eigenvalue weighted by molar-refractivity contribution is 0.0596. The van der Waals surface area contributed by atoms with Crippen LogP contribution >= 0.6 is 0 Å². The van der Waals surface area contributed by atoms with Gasteiger partial charge >= 0.3 is 0 Å². The number of aromatic nitrogens is 3. The maximum Gasteiger partial charge on any atom is 0.225 e. The van der Waals surface area contributed by atoms with E-state index in [-0.39, 0.29) is 5.82 Å². The number of piperidine rings is 2. The second kappa shape index (κ2) is 7.04. The Hall–Kier alpha value is -2.08. The highest BCUT2D eigenvalue weighted by molar-refractivity contribution is 5.29. The molecular formula is C19H24FN5. The third-order valence-corrected chi connectivity index (χ3v) is 5.65. The summed E-state index contributed by atoms with van der Waals surface area (Å²) in [5.74, 6) is 0.641. The molecule has 0 N–H and O–H groups in total. The van der Waals surface area contributed by atoms with Gasteiger partial charge in [-0.3, -0.25) is 9.88 Å². The lowest BCUT2D eigenvalue weighted by Crippen LogP contribution is -2.49. The van der Waals surface area contributed by atoms with Gasteiger partial charge in [-0.15, -0.1) is 0 Å². The summed E-state index contributed by atoms with van der Waals surface area (Å²) in [6, 6.07) is 3.65. The molecule has 4 rings (SSSR count). The number of nitrogens with zero attached hydrogens (tertiary/aromatic N) is 5. The van der Waals surface area contributed by atoms with Crippen LogP contribution in [0.25, 0.3) is 0 Å². The Balaban J connectivity index is 1.39. The summed E-state index contributed by atoms with van der Waals surface area (Å²) in [5, 5.41) is 0. The Labute approximate surface area is 147 Å². The van der Waals surface area contributed by atoms with E-state index in [4.69, 9.17) is 0 Å². The van der Waals surface area contributed by atoms with E-state index < -0.39 is 0 Å². The molecule has 4 heterocycles. The molecule has 2 fully saturated rings. The maximum atomic E-state index is 13.9. The quantitative estimate of drug-likeness (QED) is 0.859. The molecule has 6 heteroatoms. The van der Waals surface area contributed by atoms with Gasteiger partial charge in [0.15, 0.2) is 0 Å². The molecule has 2 saturated heterocycles. The second-order valence-corrected chi connectivity index (χ2v) is 7.32. The summed E-state index contributed by atoms with van der Waals surface area (Å²) >= 11 is 0. The van der Waals surface area contributed by atoms with E-state index in [0.29, 0.717) is 12.0 Å². The Bertz CT molecular complexity index is 700. The SMILES string of the molecule is Fc1cnccc1CN1CCCC2(CCN(c3ncccn3)CC2)C1. The summed E-state index contributed by atoms with van der Waals surface area (Å²) in [6.07, 6.45) is 11.4. The predicted octanol–water partition coefficient (Wildman–Crippen LogP) is 2.89. The van der Waals surface area contributed by atoms with Gasteiger partial charge in [-0.1, -0.05) is 0 Å². The zero-order valence-electron chi connectivity index (χ0n) is 14.4. The summed E-state index contributed by atoms with van der Waals surface area (Å²) in [6.45, 7) is 4.79. The number of pyridine rings is 1. The van der Waals surface area contributed by atoms with Crippen LogP contribution in [0.5, 0.6) is 0 Å². The lowest BCUT2D eigenvalue weighted by atomic mass is 9.72. The molecule has 2 aromatic rings. The lowest BCUT2D eigenvalue weighted by Gasteiger charge is -2.47. The normalized spacial score (nSPS) is 20.8. The first kappa shape index (κ1) is 16.4. The van der Waals surface area contributed by atoms with Gasteiger partial charge in [0.1, 0.15) is 5.82 Å². The van der Waals surface area contributed by atoms with E-state index in [0.717, 1.165) is 50.5 Å². The molecule has 1 spiro atoms. The molecule has 0 aromatic carbocycles. The molecular weight excluding hydrogens is 317 g/mol. The number of hydrogen-bond acceptors (Lipinski definition) is 5. The zero-order valence-corrected chi connectivity index (χ0v) is 14.4. The fourth-order valence-corrected chi connectivity index (χ4v) is 4.26. The van der Waals surface area contributed by atoms with Crippen LogP contribution in [0.2, 0.25) is 0 Å². The molecule has 2 aromatic heterocycles. The molecule has 0 bridgehead atoms. The minimum Gasteiger partial charge on any atom is -0.341 e. The van der Waals surface area contributed by atoms with Gasteiger partial charge in [0, 0.05) is 50.3 Å². The number of halogens is 1. The standard InChI is InChI=1S/C19H24FN5/c20-17-13-21-9-3-16(17)14-24-10-1-4-19(15-24)5-11-25(12-6-19)18-22-7-2-8-23-18/h2-3,7-9,13H,1,4-6,10-12,14-15H2. The number of hydrogen-bond donors (Lipinski definition) is 0. The van der Waals surface area contributed by atoms with Gasteiger partial charge in [-0.2, -0.15) is 0 Å². The number of rotatable bonds is 3. The van der Waals surface area contributed by atoms with Gasteiger partial charge < -0.3 is 4.90 Å². The average molecular weight is 341 g/mol. The van der Waals surface area contributed by atoms with E-state index in [9.17, 15) is 4.39 Å². The van der Waals surface area contributed by atoms with Gasteiger partial charge in [0.05, 0.1) is 6.20 Å². The van der Waals surface area contributed by atoms with Gasteiger partial charge in [-0.05, 0) is 49.8 Å². The fourth-order valence-electron chi connectivity index (χ4n) is 4.26. The summed E-state index contributed by atoms with van der Waals surface area (Å²) < 4.78 is 13.9. The van der Waals surface area contributed by atoms with Crippen molar-refractivity contribution in [3.63, 3.8) is 0 Å². The van der Waals surface area contributed by atoms with E-state index in [2.05, 4.69) is 24.8 Å². The van der Waals surface area contributed by atoms with Crippen molar-refractivity contribution in [1.82, 2.24) is 19.9 Å². The van der Waals surface area contributed by atoms with Crippen molar-refractivity contribution in [2.24, 2.45) is 5.41 Å². The van der Waals surface area contributed by atoms with Crippen molar-refractivity contribution in [2.45, 2.75) is 32.2 Å². The summed E-state index contributed by atoms with van der Waals surface area (Å²) in [7, 11) is 0. The molecule has 132 valence electrons. The smallest absolute Gasteiger partial charge is 0.225 e. The Morgan fingerprint density at radius 1 is 1.04 bits per heavy atom. The first-order valence-corrected chi connectivity index (χ1v) is 9.07. The van der Waals surface area contributed by atoms with E-state index in [1.54, 1.807) is 24.7 Å². The molecule has 0 aliphatic carbocycles. The predicted molar refractivity (Wildman–Crippen MR) is 94.6 cm³/mol. The molecule has 0 radical (unpaired) electrons. The molecule has 0 unspecified atom stereocenters. The molecule has 2 aliphatic heterocycles. The van der Waals surface area contributed by atoms with Crippen LogP contribution in [-0.4, -0.2) is 46.0 Å². The van der Waals surface area contributed by atoms with Crippen molar-refractivity contribution in [2.75, 3.05) is 31.1 Å². The van der Waals surface area contributed by atoms with Gasteiger partial charge in [0.2, 0.25) is 5.95 Å². The first-order valence-electron chi connectivity index (χ1n) is 9.07. The summed E-state index contributed by atoms with van der Waals surface area (Å²) in [5.41, 5.74) is 1.11. The third-order valence-electron chi connectivity index (χ3n) is 5.65. The molecule has 0 amide bonds. The van der Waals surface area contributed by atoms with Gasteiger partial charge in [-0.25, -0.2) is 14.4 Å². The molecule has 0 saturated carbocycles. The fraction of sp³-hybridized carbons (Fsp3) is 0.526. The van der Waals surface area contributed by atoms with Gasteiger partial charge in [0.25, 0.3) is 0 Å². The van der Waals surface area contributed by atoms with E-state index >= 15 is 0 Å². The Morgan fingerprint density at radius 3 is 2.60 bits per heavy atom. The van der Waals surface area contributed by atoms with Crippen LogP contribution in [0, 0.1) is 11.2 Å². The third kappa shape index (κ3) is 3.63. The van der Waals surface area contributed by atoms with Crippen LogP contribution in [0.4, 0.5) is 10.3 Å². The number of anilines is 1. The second-order valence-electron chi connectivity index (χ2n) is 7.32. The van der Waals surface area contributed by atoms with Crippen molar-refractivity contribution in [3.05, 3.63) is 48.3 Å². The monoisotopic (exact) mass is 341 g/mol. The topological polar surface area (TPSA) is 45.2 Å². The largest absolute Gasteiger partial charge is 0.341 e. The van der Waals surface area contributed by atoms with Crippen molar-refractivity contribution < 1.29 is 4.39 Å². The van der Waals surface area contributed by atoms with Crippen LogP contribution < -0.4 is 4.90 Å². The van der Waals surface area contributed by atoms with Crippen LogP contribution in [0.1, 0.15) is 31.2 Å². The van der Waals surface area contributed by atoms with Crippen molar-refractivity contribution in [1.29, 1.82) is 0 Å². The first-order chi connectivity index (χ1) is 12.2. The zero-order chi connectivity index (χ0) is 17.1. The molecule has 2 aliphatic rings. The highest BCUT2D eigenvalue weighted by Crippen LogP contribution is 2.40. The molecule has 5 nitrogen and oxygen atoms in total. The minimum absolute atomic E-state index is 0.196. The van der Waals surface area contributed by atoms with E-state index in [1.807, 2.05) is 6.07 Å². The van der Waals surface area contributed by atoms with Crippen LogP contribution in [0.15, 0.2) is 36.9 Å². The molecule has 25 heavy (non-hydrogen) atoms. The van der Waals surface area contributed by atoms with E-state index in [1.165, 1.54) is 19.0 Å². The number of likely N-dealkylation sites (tertiary alicyclic amines) is 1. The highest BCUT2D eigenvalue weighted by Gasteiger charge is 2.38. The van der Waals surface area contributed by atoms with Crippen molar-refractivity contribution >= 4 is 5.95 Å². The maximum absolute atomic E-state index is 13.9. The molecule has 0 atom stereocenters. The van der Waals surface area contributed by atoms with Crippen LogP contribution in [-0.2, 0) is 6.54 Å².